The number of ketones is 1. The third-order valence-electron chi connectivity index (χ3n) is 3.68. The van der Waals surface area contributed by atoms with E-state index in [9.17, 15) is 9.59 Å². The first-order chi connectivity index (χ1) is 9.61. The van der Waals surface area contributed by atoms with Crippen molar-refractivity contribution >= 4 is 23.3 Å². The normalized spacial score (nSPS) is 19.6. The van der Waals surface area contributed by atoms with Crippen LogP contribution in [-0.4, -0.2) is 42.8 Å². The molecule has 1 amide bonds. The molecule has 1 atom stereocenters. The van der Waals surface area contributed by atoms with E-state index in [1.807, 2.05) is 4.90 Å². The smallest absolute Gasteiger partial charge is 0.237 e. The maximum absolute atomic E-state index is 12.3. The van der Waals surface area contributed by atoms with Gasteiger partial charge in [0.15, 0.2) is 5.78 Å². The molecule has 1 aliphatic rings. The summed E-state index contributed by atoms with van der Waals surface area (Å²) in [6.45, 7) is 1.07. The predicted molar refractivity (Wildman–Crippen MR) is 79.1 cm³/mol. The molecule has 1 aliphatic heterocycles. The van der Waals surface area contributed by atoms with Crippen LogP contribution < -0.4 is 5.32 Å². The van der Waals surface area contributed by atoms with Crippen LogP contribution >= 0.6 is 11.6 Å². The molecule has 1 fully saturated rings. The molecule has 1 saturated heterocycles. The van der Waals surface area contributed by atoms with Gasteiger partial charge in [-0.05, 0) is 43.7 Å². The van der Waals surface area contributed by atoms with E-state index < -0.39 is 0 Å². The summed E-state index contributed by atoms with van der Waals surface area (Å²) in [5, 5.41) is 3.29. The van der Waals surface area contributed by atoms with Crippen LogP contribution in [0.3, 0.4) is 0 Å². The minimum Gasteiger partial charge on any atom is -0.358 e. The Morgan fingerprint density at radius 2 is 2.00 bits per heavy atom. The van der Waals surface area contributed by atoms with E-state index in [0.717, 1.165) is 25.8 Å². The summed E-state index contributed by atoms with van der Waals surface area (Å²) in [4.78, 5) is 26.1. The lowest BCUT2D eigenvalue weighted by Crippen LogP contribution is -2.50. The second-order valence-corrected chi connectivity index (χ2v) is 5.46. The van der Waals surface area contributed by atoms with Gasteiger partial charge in [-0.15, -0.1) is 0 Å². The molecule has 1 aromatic rings. The molecular weight excluding hydrogens is 276 g/mol. The van der Waals surface area contributed by atoms with Crippen LogP contribution in [-0.2, 0) is 4.79 Å². The molecule has 108 valence electrons. The second-order valence-electron chi connectivity index (χ2n) is 5.03. The zero-order chi connectivity index (χ0) is 14.5. The van der Waals surface area contributed by atoms with Crippen molar-refractivity contribution in [3.05, 3.63) is 34.9 Å². The highest BCUT2D eigenvalue weighted by Gasteiger charge is 2.29. The van der Waals surface area contributed by atoms with Gasteiger partial charge in [-0.2, -0.15) is 0 Å². The number of nitrogens with zero attached hydrogens (tertiary/aromatic N) is 1. The first kappa shape index (κ1) is 15.0. The van der Waals surface area contributed by atoms with E-state index in [2.05, 4.69) is 5.32 Å². The van der Waals surface area contributed by atoms with Gasteiger partial charge < -0.3 is 5.32 Å². The van der Waals surface area contributed by atoms with Gasteiger partial charge in [0.25, 0.3) is 0 Å². The average Bonchev–Trinajstić information content (AvgIpc) is 2.47. The number of piperidine rings is 1. The van der Waals surface area contributed by atoms with Crippen LogP contribution in [0.4, 0.5) is 0 Å². The van der Waals surface area contributed by atoms with Gasteiger partial charge in [-0.1, -0.05) is 18.0 Å². The van der Waals surface area contributed by atoms with Crippen LogP contribution in [0.1, 0.15) is 29.6 Å². The Hall–Kier alpha value is -1.39. The summed E-state index contributed by atoms with van der Waals surface area (Å²) in [6.07, 6.45) is 2.87. The van der Waals surface area contributed by atoms with Crippen LogP contribution in [0.5, 0.6) is 0 Å². The fraction of sp³-hybridized carbons (Fsp3) is 0.467. The number of rotatable bonds is 4. The quantitative estimate of drug-likeness (QED) is 0.866. The monoisotopic (exact) mass is 294 g/mol. The maximum Gasteiger partial charge on any atom is 0.237 e. The SMILES string of the molecule is CNC(=O)C1CCCCN1CC(=O)c1ccc(Cl)cc1. The molecule has 1 unspecified atom stereocenters. The van der Waals surface area contributed by atoms with Gasteiger partial charge in [0.1, 0.15) is 0 Å². The number of hydrogen-bond acceptors (Lipinski definition) is 3. The number of amides is 1. The van der Waals surface area contributed by atoms with Gasteiger partial charge in [-0.3, -0.25) is 14.5 Å². The highest BCUT2D eigenvalue weighted by atomic mass is 35.5. The Morgan fingerprint density at radius 1 is 1.30 bits per heavy atom. The lowest BCUT2D eigenvalue weighted by atomic mass is 10.00. The molecule has 2 rings (SSSR count). The van der Waals surface area contributed by atoms with Crippen molar-refractivity contribution in [2.75, 3.05) is 20.1 Å². The first-order valence-electron chi connectivity index (χ1n) is 6.86. The summed E-state index contributed by atoms with van der Waals surface area (Å²) in [7, 11) is 1.64. The molecule has 1 aromatic carbocycles. The van der Waals surface area contributed by atoms with Gasteiger partial charge in [0, 0.05) is 17.6 Å². The van der Waals surface area contributed by atoms with Crippen LogP contribution in [0.15, 0.2) is 24.3 Å². The van der Waals surface area contributed by atoms with Crippen LogP contribution in [0.25, 0.3) is 0 Å². The molecule has 0 saturated carbocycles. The number of nitrogens with one attached hydrogen (secondary N) is 1. The number of halogens is 1. The zero-order valence-corrected chi connectivity index (χ0v) is 12.3. The maximum atomic E-state index is 12.3. The molecule has 20 heavy (non-hydrogen) atoms. The Kier molecular flexibility index (Phi) is 5.15. The van der Waals surface area contributed by atoms with E-state index in [0.29, 0.717) is 10.6 Å². The largest absolute Gasteiger partial charge is 0.358 e. The van der Waals surface area contributed by atoms with Crippen LogP contribution in [0.2, 0.25) is 5.02 Å². The topological polar surface area (TPSA) is 49.4 Å². The molecule has 1 N–H and O–H groups in total. The Morgan fingerprint density at radius 3 is 2.65 bits per heavy atom. The predicted octanol–water partition coefficient (Wildman–Crippen LogP) is 2.12. The Balaban J connectivity index is 2.04. The van der Waals surface area contributed by atoms with Crippen molar-refractivity contribution in [1.29, 1.82) is 0 Å². The van der Waals surface area contributed by atoms with Crippen molar-refractivity contribution in [2.45, 2.75) is 25.3 Å². The molecule has 0 bridgehead atoms. The highest BCUT2D eigenvalue weighted by Crippen LogP contribution is 2.18. The molecule has 1 heterocycles. The third kappa shape index (κ3) is 3.58. The summed E-state index contributed by atoms with van der Waals surface area (Å²) >= 11 is 5.82. The zero-order valence-electron chi connectivity index (χ0n) is 11.6. The highest BCUT2D eigenvalue weighted by molar-refractivity contribution is 6.30. The third-order valence-corrected chi connectivity index (χ3v) is 3.93. The van der Waals surface area contributed by atoms with Crippen molar-refractivity contribution in [1.82, 2.24) is 10.2 Å². The van der Waals surface area contributed by atoms with Gasteiger partial charge in [-0.25, -0.2) is 0 Å². The van der Waals surface area contributed by atoms with E-state index in [-0.39, 0.29) is 24.3 Å². The summed E-state index contributed by atoms with van der Waals surface area (Å²) in [5.74, 6) is 0.0195. The molecule has 0 aliphatic carbocycles. The lowest BCUT2D eigenvalue weighted by Gasteiger charge is -2.33. The number of carbonyl (C=O) groups is 2. The molecule has 0 spiro atoms. The number of likely N-dealkylation sites (tertiary alicyclic amines) is 1. The van der Waals surface area contributed by atoms with Crippen molar-refractivity contribution < 1.29 is 9.59 Å². The molecule has 4 nitrogen and oxygen atoms in total. The Bertz CT molecular complexity index is 487. The van der Waals surface area contributed by atoms with Gasteiger partial charge in [0.2, 0.25) is 5.91 Å². The minimum absolute atomic E-state index is 0.00592. The second kappa shape index (κ2) is 6.86. The summed E-state index contributed by atoms with van der Waals surface area (Å²) < 4.78 is 0. The van der Waals surface area contributed by atoms with Gasteiger partial charge in [0.05, 0.1) is 12.6 Å². The number of hydrogen-bond donors (Lipinski definition) is 1. The standard InChI is InChI=1S/C15H19ClN2O2/c1-17-15(20)13-4-2-3-9-18(13)10-14(19)11-5-7-12(16)8-6-11/h5-8,13H,2-4,9-10H2,1H3,(H,17,20). The van der Waals surface area contributed by atoms with Gasteiger partial charge >= 0.3 is 0 Å². The molecular formula is C15H19ClN2O2. The van der Waals surface area contributed by atoms with Crippen molar-refractivity contribution in [3.8, 4) is 0 Å². The fourth-order valence-corrected chi connectivity index (χ4v) is 2.68. The minimum atomic E-state index is -0.190. The molecule has 0 radical (unpaired) electrons. The number of benzene rings is 1. The Labute approximate surface area is 124 Å². The summed E-state index contributed by atoms with van der Waals surface area (Å²) in [6, 6.07) is 6.68. The average molecular weight is 295 g/mol. The molecule has 0 aromatic heterocycles. The first-order valence-corrected chi connectivity index (χ1v) is 7.24. The van der Waals surface area contributed by atoms with E-state index in [1.54, 1.807) is 31.3 Å². The van der Waals surface area contributed by atoms with Crippen molar-refractivity contribution in [3.63, 3.8) is 0 Å². The van der Waals surface area contributed by atoms with E-state index in [1.165, 1.54) is 0 Å². The van der Waals surface area contributed by atoms with E-state index in [4.69, 9.17) is 11.6 Å². The number of Topliss-reactive ketones (excluding diaryl/α,β-unsaturated/α-hetero) is 1. The lowest BCUT2D eigenvalue weighted by molar-refractivity contribution is -0.126. The van der Waals surface area contributed by atoms with Crippen molar-refractivity contribution in [2.24, 2.45) is 0 Å². The number of likely N-dealkylation sites (N-methyl/N-ethyl adjacent to an activating group) is 1. The number of carbonyl (C=O) groups excluding carboxylic acids is 2. The summed E-state index contributed by atoms with van der Waals surface area (Å²) in [5.41, 5.74) is 0.635. The fourth-order valence-electron chi connectivity index (χ4n) is 2.56. The van der Waals surface area contributed by atoms with E-state index >= 15 is 0 Å². The molecule has 5 heteroatoms. The van der Waals surface area contributed by atoms with Crippen LogP contribution in [0, 0.1) is 0 Å².